The Labute approximate surface area is 329 Å². The summed E-state index contributed by atoms with van der Waals surface area (Å²) in [6.07, 6.45) is 0. The Bertz CT molecular complexity index is 2730. The molecule has 0 radical (unpaired) electrons. The van der Waals surface area contributed by atoms with Gasteiger partial charge in [0.05, 0.1) is 0 Å². The molecule has 0 saturated carbocycles. The van der Waals surface area contributed by atoms with Gasteiger partial charge in [0, 0.05) is 0 Å². The van der Waals surface area contributed by atoms with E-state index >= 15 is 0 Å². The summed E-state index contributed by atoms with van der Waals surface area (Å²) >= 11 is 0. The highest BCUT2D eigenvalue weighted by Crippen LogP contribution is 2.36. The molecule has 0 unspecified atom stereocenters. The summed E-state index contributed by atoms with van der Waals surface area (Å²) in [4.78, 5) is 0. The fraction of sp³-hybridized carbons (Fsp3) is 0.236. The SMILES string of the molecule is C.CC(C)(C)c1cc2ccccc2c2ccccc12.CC(C)(C)c1ccc2c(ccc3ccccc32)c1.CC(C)(C)c1cccc2c1ccc1ccccc12. The van der Waals surface area contributed by atoms with Crippen LogP contribution in [0.25, 0.3) is 64.6 Å². The molecule has 0 spiro atoms. The lowest BCUT2D eigenvalue weighted by atomic mass is 9.82. The molecule has 0 atom stereocenters. The minimum Gasteiger partial charge on any atom is -0.0776 e. The average molecular weight is 719 g/mol. The maximum atomic E-state index is 2.34. The van der Waals surface area contributed by atoms with Gasteiger partial charge < -0.3 is 0 Å². The Balaban J connectivity index is 0.000000139. The summed E-state index contributed by atoms with van der Waals surface area (Å²) in [5, 5.41) is 16.2. The predicted octanol–water partition coefficient (Wildman–Crippen LogP) is 16.5. The van der Waals surface area contributed by atoms with Crippen LogP contribution in [0.1, 0.15) is 86.4 Å². The van der Waals surface area contributed by atoms with Gasteiger partial charge >= 0.3 is 0 Å². The molecule has 55 heavy (non-hydrogen) atoms. The van der Waals surface area contributed by atoms with Crippen molar-refractivity contribution in [2.75, 3.05) is 0 Å². The first-order valence-electron chi connectivity index (χ1n) is 19.4. The van der Waals surface area contributed by atoms with Crippen molar-refractivity contribution in [1.29, 1.82) is 0 Å². The molecule has 0 N–H and O–H groups in total. The van der Waals surface area contributed by atoms with Crippen molar-refractivity contribution in [3.8, 4) is 0 Å². The van der Waals surface area contributed by atoms with Crippen LogP contribution >= 0.6 is 0 Å². The van der Waals surface area contributed by atoms with Gasteiger partial charge in [-0.2, -0.15) is 0 Å². The maximum absolute atomic E-state index is 2.34. The zero-order valence-corrected chi connectivity index (χ0v) is 33.6. The van der Waals surface area contributed by atoms with E-state index in [1.54, 1.807) is 0 Å². The summed E-state index contributed by atoms with van der Waals surface area (Å²) in [7, 11) is 0. The first-order chi connectivity index (χ1) is 25.7. The molecule has 0 amide bonds. The summed E-state index contributed by atoms with van der Waals surface area (Å²) in [5.41, 5.74) is 4.80. The zero-order chi connectivity index (χ0) is 38.3. The summed E-state index contributed by atoms with van der Waals surface area (Å²) in [6.45, 7) is 20.4. The van der Waals surface area contributed by atoms with Gasteiger partial charge in [0.25, 0.3) is 0 Å². The molecule has 0 aliphatic rings. The molecule has 9 aromatic carbocycles. The molecule has 9 aromatic rings. The van der Waals surface area contributed by atoms with Crippen LogP contribution < -0.4 is 0 Å². The van der Waals surface area contributed by atoms with Crippen molar-refractivity contribution in [3.05, 3.63) is 180 Å². The first kappa shape index (κ1) is 39.2. The fourth-order valence-corrected chi connectivity index (χ4v) is 7.85. The molecule has 0 aliphatic carbocycles. The average Bonchev–Trinajstić information content (AvgIpc) is 3.16. The van der Waals surface area contributed by atoms with Crippen LogP contribution in [0, 0.1) is 0 Å². The van der Waals surface area contributed by atoms with E-state index in [0.717, 1.165) is 0 Å². The largest absolute Gasteiger partial charge is 0.0776 e. The molecule has 0 heterocycles. The standard InChI is InChI=1S/3C18H18.CH4/c1-18(2,3)17-12-13-8-4-5-9-14(13)15-10-6-7-11-16(15)17;1-18(2,3)17-10-6-9-15-14-8-5-4-7-13(14)11-12-16(15)17;1-18(2,3)15-10-11-17-14(12-15)9-8-13-6-4-5-7-16(13)17;/h3*4-12H,1-3H3;1H4. The van der Waals surface area contributed by atoms with Gasteiger partial charge in [0.2, 0.25) is 0 Å². The van der Waals surface area contributed by atoms with Crippen molar-refractivity contribution >= 4 is 64.6 Å². The predicted molar refractivity (Wildman–Crippen MR) is 247 cm³/mol. The van der Waals surface area contributed by atoms with Gasteiger partial charge in [-0.1, -0.05) is 227 Å². The second-order valence-corrected chi connectivity index (χ2v) is 17.9. The molecule has 278 valence electrons. The van der Waals surface area contributed by atoms with E-state index in [1.807, 2.05) is 0 Å². The molecular weight excluding hydrogens is 661 g/mol. The summed E-state index contributed by atoms with van der Waals surface area (Å²) in [6, 6.07) is 59.3. The lowest BCUT2D eigenvalue weighted by molar-refractivity contribution is 0.591. The van der Waals surface area contributed by atoms with Gasteiger partial charge in [-0.3, -0.25) is 0 Å². The molecule has 9 rings (SSSR count). The third-order valence-corrected chi connectivity index (χ3v) is 10.8. The van der Waals surface area contributed by atoms with Gasteiger partial charge in [0.15, 0.2) is 0 Å². The highest BCUT2D eigenvalue weighted by Gasteiger charge is 2.19. The normalized spacial score (nSPS) is 11.9. The lowest BCUT2D eigenvalue weighted by Gasteiger charge is -2.22. The minimum atomic E-state index is 0. The van der Waals surface area contributed by atoms with Crippen LogP contribution in [0.5, 0.6) is 0 Å². The fourth-order valence-electron chi connectivity index (χ4n) is 7.85. The Morgan fingerprint density at radius 2 is 0.618 bits per heavy atom. The van der Waals surface area contributed by atoms with Crippen molar-refractivity contribution in [3.63, 3.8) is 0 Å². The van der Waals surface area contributed by atoms with Crippen molar-refractivity contribution < 1.29 is 0 Å². The molecular formula is C55H58. The number of benzene rings is 9. The molecule has 0 fully saturated rings. The second kappa shape index (κ2) is 15.3. The topological polar surface area (TPSA) is 0 Å². The molecule has 0 heteroatoms. The van der Waals surface area contributed by atoms with E-state index in [4.69, 9.17) is 0 Å². The zero-order valence-electron chi connectivity index (χ0n) is 33.6. The number of hydrogen-bond donors (Lipinski definition) is 0. The third-order valence-electron chi connectivity index (χ3n) is 10.8. The highest BCUT2D eigenvalue weighted by atomic mass is 14.2. The quantitative estimate of drug-likeness (QED) is 0.137. The van der Waals surface area contributed by atoms with Crippen LogP contribution in [0.4, 0.5) is 0 Å². The van der Waals surface area contributed by atoms with E-state index < -0.39 is 0 Å². The minimum absolute atomic E-state index is 0. The Hall–Kier alpha value is -5.46. The summed E-state index contributed by atoms with van der Waals surface area (Å²) < 4.78 is 0. The van der Waals surface area contributed by atoms with Gasteiger partial charge in [-0.25, -0.2) is 0 Å². The van der Waals surface area contributed by atoms with Crippen LogP contribution in [0.2, 0.25) is 0 Å². The molecule has 0 bridgehead atoms. The number of rotatable bonds is 0. The van der Waals surface area contributed by atoms with E-state index in [1.165, 1.54) is 81.3 Å². The van der Waals surface area contributed by atoms with Crippen molar-refractivity contribution in [2.24, 2.45) is 0 Å². The van der Waals surface area contributed by atoms with E-state index in [2.05, 4.69) is 226 Å². The monoisotopic (exact) mass is 718 g/mol. The van der Waals surface area contributed by atoms with Gasteiger partial charge in [-0.05, 0) is 104 Å². The second-order valence-electron chi connectivity index (χ2n) is 17.9. The Morgan fingerprint density at radius 1 is 0.255 bits per heavy atom. The lowest BCUT2D eigenvalue weighted by Crippen LogP contribution is -2.11. The Morgan fingerprint density at radius 3 is 1.18 bits per heavy atom. The number of hydrogen-bond acceptors (Lipinski definition) is 0. The van der Waals surface area contributed by atoms with E-state index in [0.29, 0.717) is 0 Å². The van der Waals surface area contributed by atoms with Crippen LogP contribution in [0.3, 0.4) is 0 Å². The van der Waals surface area contributed by atoms with E-state index in [9.17, 15) is 0 Å². The van der Waals surface area contributed by atoms with Crippen LogP contribution in [0.15, 0.2) is 164 Å². The summed E-state index contributed by atoms with van der Waals surface area (Å²) in [5.74, 6) is 0. The van der Waals surface area contributed by atoms with Crippen molar-refractivity contribution in [1.82, 2.24) is 0 Å². The highest BCUT2D eigenvalue weighted by molar-refractivity contribution is 6.10. The molecule has 0 nitrogen and oxygen atoms in total. The molecule has 0 aliphatic heterocycles. The molecule has 0 aromatic heterocycles. The number of fused-ring (bicyclic) bond motifs is 9. The van der Waals surface area contributed by atoms with Crippen LogP contribution in [-0.4, -0.2) is 0 Å². The van der Waals surface area contributed by atoms with Crippen LogP contribution in [-0.2, 0) is 16.2 Å². The molecule has 0 saturated heterocycles. The van der Waals surface area contributed by atoms with E-state index in [-0.39, 0.29) is 23.7 Å². The smallest absolute Gasteiger partial charge is 0.0102 e. The van der Waals surface area contributed by atoms with Gasteiger partial charge in [0.1, 0.15) is 0 Å². The maximum Gasteiger partial charge on any atom is -0.0102 e. The Kier molecular flexibility index (Phi) is 11.0. The first-order valence-corrected chi connectivity index (χ1v) is 19.4. The third kappa shape index (κ3) is 8.16. The van der Waals surface area contributed by atoms with Crippen molar-refractivity contribution in [2.45, 2.75) is 86.0 Å². The van der Waals surface area contributed by atoms with Gasteiger partial charge in [-0.15, -0.1) is 0 Å².